The molecule has 2 rings (SSSR count). The quantitative estimate of drug-likeness (QED) is 0.586. The van der Waals surface area contributed by atoms with Crippen LogP contribution in [-0.4, -0.2) is 18.9 Å². The van der Waals surface area contributed by atoms with Gasteiger partial charge in [-0.1, -0.05) is 18.2 Å². The molecule has 0 saturated carbocycles. The Balaban J connectivity index is 1.96. The molecule has 2 aromatic carbocycles. The van der Waals surface area contributed by atoms with Crippen molar-refractivity contribution in [3.05, 3.63) is 57.2 Å². The molecule has 0 aliphatic carbocycles. The molecular formula is C17H17IN2O3. The highest BCUT2D eigenvalue weighted by Gasteiger charge is 2.15. The Bertz CT molecular complexity index is 732. The maximum absolute atomic E-state index is 12.0. The molecule has 0 aliphatic rings. The number of para-hydroxylation sites is 1. The molecule has 2 amide bonds. The number of hydrogen-bond acceptors (Lipinski definition) is 3. The summed E-state index contributed by atoms with van der Waals surface area (Å²) in [5.41, 5.74) is 2.34. The van der Waals surface area contributed by atoms with Crippen molar-refractivity contribution in [2.75, 3.05) is 12.4 Å². The zero-order chi connectivity index (χ0) is 16.8. The summed E-state index contributed by atoms with van der Waals surface area (Å²) in [4.78, 5) is 23.9. The van der Waals surface area contributed by atoms with E-state index in [1.165, 1.54) is 0 Å². The lowest BCUT2D eigenvalue weighted by atomic mass is 10.2. The molecule has 0 spiro atoms. The number of carbonyl (C=O) groups excluding carboxylic acids is 2. The zero-order valence-corrected chi connectivity index (χ0v) is 15.0. The Labute approximate surface area is 148 Å². The molecule has 2 aromatic rings. The van der Waals surface area contributed by atoms with Crippen LogP contribution in [-0.2, 0) is 16.1 Å². The van der Waals surface area contributed by atoms with Gasteiger partial charge in [0.2, 0.25) is 0 Å². The van der Waals surface area contributed by atoms with Gasteiger partial charge in [0.25, 0.3) is 0 Å². The van der Waals surface area contributed by atoms with Crippen LogP contribution in [0.2, 0.25) is 0 Å². The lowest BCUT2D eigenvalue weighted by Gasteiger charge is -2.11. The van der Waals surface area contributed by atoms with Crippen LogP contribution in [0.25, 0.3) is 0 Å². The van der Waals surface area contributed by atoms with Crippen molar-refractivity contribution < 1.29 is 14.3 Å². The van der Waals surface area contributed by atoms with Crippen LogP contribution in [0.4, 0.5) is 5.69 Å². The number of anilines is 1. The van der Waals surface area contributed by atoms with Gasteiger partial charge in [0.1, 0.15) is 5.75 Å². The van der Waals surface area contributed by atoms with Crippen LogP contribution < -0.4 is 15.4 Å². The summed E-state index contributed by atoms with van der Waals surface area (Å²) in [5.74, 6) is -0.709. The minimum Gasteiger partial charge on any atom is -0.496 e. The van der Waals surface area contributed by atoms with Crippen LogP contribution in [0.15, 0.2) is 42.5 Å². The van der Waals surface area contributed by atoms with Gasteiger partial charge in [-0.15, -0.1) is 0 Å². The molecule has 0 heterocycles. The van der Waals surface area contributed by atoms with Crippen LogP contribution in [0.3, 0.4) is 0 Å². The molecule has 0 saturated heterocycles. The third-order valence-corrected chi connectivity index (χ3v) is 3.95. The first kappa shape index (κ1) is 17.3. The summed E-state index contributed by atoms with van der Waals surface area (Å²) >= 11 is 2.19. The first-order valence-corrected chi connectivity index (χ1v) is 8.06. The molecule has 0 atom stereocenters. The molecule has 120 valence electrons. The molecule has 0 aromatic heterocycles. The van der Waals surface area contributed by atoms with Crippen molar-refractivity contribution >= 4 is 40.1 Å². The van der Waals surface area contributed by atoms with E-state index < -0.39 is 11.8 Å². The Morgan fingerprint density at radius 1 is 1.13 bits per heavy atom. The van der Waals surface area contributed by atoms with Gasteiger partial charge in [0, 0.05) is 21.4 Å². The zero-order valence-electron chi connectivity index (χ0n) is 12.9. The summed E-state index contributed by atoms with van der Waals surface area (Å²) in [6.45, 7) is 2.10. The van der Waals surface area contributed by atoms with Gasteiger partial charge in [-0.05, 0) is 59.3 Å². The molecule has 23 heavy (non-hydrogen) atoms. The summed E-state index contributed by atoms with van der Waals surface area (Å²) in [7, 11) is 1.56. The first-order valence-electron chi connectivity index (χ1n) is 6.98. The fourth-order valence-electron chi connectivity index (χ4n) is 2.05. The van der Waals surface area contributed by atoms with E-state index in [4.69, 9.17) is 4.74 Å². The molecule has 0 fully saturated rings. The van der Waals surface area contributed by atoms with Crippen LogP contribution >= 0.6 is 22.6 Å². The number of halogens is 1. The Hall–Kier alpha value is -2.09. The average molecular weight is 424 g/mol. The van der Waals surface area contributed by atoms with E-state index in [2.05, 4.69) is 33.2 Å². The largest absolute Gasteiger partial charge is 0.496 e. The second kappa shape index (κ2) is 7.96. The summed E-state index contributed by atoms with van der Waals surface area (Å²) < 4.78 is 6.28. The number of rotatable bonds is 4. The van der Waals surface area contributed by atoms with Crippen molar-refractivity contribution in [2.45, 2.75) is 13.5 Å². The second-order valence-electron chi connectivity index (χ2n) is 4.91. The molecule has 6 heteroatoms. The van der Waals surface area contributed by atoms with E-state index in [1.807, 2.05) is 37.3 Å². The fourth-order valence-corrected chi connectivity index (χ4v) is 2.70. The van der Waals surface area contributed by atoms with E-state index in [9.17, 15) is 9.59 Å². The number of hydrogen-bond donors (Lipinski definition) is 2. The number of aryl methyl sites for hydroxylation is 1. The van der Waals surface area contributed by atoms with E-state index in [-0.39, 0.29) is 6.54 Å². The summed E-state index contributed by atoms with van der Waals surface area (Å²) in [6.07, 6.45) is 0. The molecule has 2 N–H and O–H groups in total. The minimum atomic E-state index is -0.691. The van der Waals surface area contributed by atoms with Crippen LogP contribution in [0.1, 0.15) is 11.1 Å². The number of benzene rings is 2. The Morgan fingerprint density at radius 3 is 2.57 bits per heavy atom. The van der Waals surface area contributed by atoms with Crippen molar-refractivity contribution in [1.29, 1.82) is 0 Å². The van der Waals surface area contributed by atoms with Gasteiger partial charge >= 0.3 is 11.8 Å². The minimum absolute atomic E-state index is 0.224. The highest BCUT2D eigenvalue weighted by Crippen LogP contribution is 2.18. The molecular weight excluding hydrogens is 407 g/mol. The third kappa shape index (κ3) is 4.69. The monoisotopic (exact) mass is 424 g/mol. The van der Waals surface area contributed by atoms with Crippen molar-refractivity contribution in [1.82, 2.24) is 5.32 Å². The van der Waals surface area contributed by atoms with Crippen molar-refractivity contribution in [3.8, 4) is 5.75 Å². The van der Waals surface area contributed by atoms with E-state index in [0.717, 1.165) is 14.7 Å². The number of methoxy groups -OCH3 is 1. The highest BCUT2D eigenvalue weighted by atomic mass is 127. The van der Waals surface area contributed by atoms with E-state index >= 15 is 0 Å². The van der Waals surface area contributed by atoms with Gasteiger partial charge in [0.15, 0.2) is 0 Å². The summed E-state index contributed by atoms with van der Waals surface area (Å²) in [6, 6.07) is 12.9. The third-order valence-electron chi connectivity index (χ3n) is 3.27. The van der Waals surface area contributed by atoms with Crippen LogP contribution in [0.5, 0.6) is 5.75 Å². The Kier molecular flexibility index (Phi) is 5.97. The molecule has 0 aliphatic heterocycles. The molecule has 0 radical (unpaired) electrons. The molecule has 5 nitrogen and oxygen atoms in total. The molecule has 0 unspecified atom stereocenters. The highest BCUT2D eigenvalue weighted by molar-refractivity contribution is 14.1. The standard InChI is InChI=1S/C17H17IN2O3/c1-11-9-13(18)7-8-14(11)20-17(22)16(21)19-10-12-5-3-4-6-15(12)23-2/h3-9H,10H2,1-2H3,(H,19,21)(H,20,22). The van der Waals surface area contributed by atoms with E-state index in [1.54, 1.807) is 19.2 Å². The normalized spacial score (nSPS) is 10.0. The van der Waals surface area contributed by atoms with Gasteiger partial charge in [-0.25, -0.2) is 0 Å². The second-order valence-corrected chi connectivity index (χ2v) is 6.15. The predicted molar refractivity (Wildman–Crippen MR) is 97.4 cm³/mol. The fraction of sp³-hybridized carbons (Fsp3) is 0.176. The van der Waals surface area contributed by atoms with Crippen LogP contribution in [0, 0.1) is 10.5 Å². The van der Waals surface area contributed by atoms with Gasteiger partial charge < -0.3 is 15.4 Å². The lowest BCUT2D eigenvalue weighted by Crippen LogP contribution is -2.35. The van der Waals surface area contributed by atoms with Crippen molar-refractivity contribution in [2.24, 2.45) is 0 Å². The van der Waals surface area contributed by atoms with Crippen molar-refractivity contribution in [3.63, 3.8) is 0 Å². The summed E-state index contributed by atoms with van der Waals surface area (Å²) in [5, 5.41) is 5.21. The topological polar surface area (TPSA) is 67.4 Å². The SMILES string of the molecule is COc1ccccc1CNC(=O)C(=O)Nc1ccc(I)cc1C. The maximum Gasteiger partial charge on any atom is 0.313 e. The number of nitrogens with one attached hydrogen (secondary N) is 2. The predicted octanol–water partition coefficient (Wildman–Crippen LogP) is 2.86. The number of ether oxygens (including phenoxy) is 1. The number of carbonyl (C=O) groups is 2. The smallest absolute Gasteiger partial charge is 0.313 e. The lowest BCUT2D eigenvalue weighted by molar-refractivity contribution is -0.136. The Morgan fingerprint density at radius 2 is 1.87 bits per heavy atom. The van der Waals surface area contributed by atoms with E-state index in [0.29, 0.717) is 11.4 Å². The average Bonchev–Trinajstić information content (AvgIpc) is 2.55. The maximum atomic E-state index is 12.0. The first-order chi connectivity index (χ1) is 11.0. The van der Waals surface area contributed by atoms with Gasteiger partial charge in [-0.2, -0.15) is 0 Å². The molecule has 0 bridgehead atoms. The van der Waals surface area contributed by atoms with Gasteiger partial charge in [-0.3, -0.25) is 9.59 Å². The number of amides is 2. The van der Waals surface area contributed by atoms with Gasteiger partial charge in [0.05, 0.1) is 7.11 Å².